The Morgan fingerprint density at radius 3 is 2.28 bits per heavy atom. The van der Waals surface area contributed by atoms with Crippen molar-refractivity contribution in [2.24, 2.45) is 4.99 Å². The maximum Gasteiger partial charge on any atom is 0.168 e. The molecule has 0 bridgehead atoms. The Morgan fingerprint density at radius 1 is 0.966 bits per heavy atom. The van der Waals surface area contributed by atoms with Crippen LogP contribution in [-0.2, 0) is 11.3 Å². The van der Waals surface area contributed by atoms with Gasteiger partial charge >= 0.3 is 0 Å². The highest BCUT2D eigenvalue weighted by Gasteiger charge is 2.28. The van der Waals surface area contributed by atoms with E-state index < -0.39 is 0 Å². The van der Waals surface area contributed by atoms with Crippen molar-refractivity contribution < 1.29 is 9.90 Å². The number of benzene rings is 2. The van der Waals surface area contributed by atoms with Crippen LogP contribution < -0.4 is 0 Å². The van der Waals surface area contributed by atoms with Gasteiger partial charge in [-0.15, -0.1) is 0 Å². The molecule has 0 radical (unpaired) electrons. The van der Waals surface area contributed by atoms with Crippen LogP contribution in [0.2, 0.25) is 0 Å². The number of likely N-dealkylation sites (tertiary alicyclic amines) is 1. The molecular weight excluding hydrogens is 360 g/mol. The number of aliphatic hydroxyl groups excluding tert-OH is 1. The monoisotopic (exact) mass is 388 g/mol. The van der Waals surface area contributed by atoms with Crippen molar-refractivity contribution in [3.8, 4) is 0 Å². The Hall–Kier alpha value is -2.72. The molecule has 1 heterocycles. The van der Waals surface area contributed by atoms with Gasteiger partial charge < -0.3 is 5.11 Å². The molecule has 1 saturated heterocycles. The highest BCUT2D eigenvalue weighted by molar-refractivity contribution is 6.14. The largest absolute Gasteiger partial charge is 0.511 e. The lowest BCUT2D eigenvalue weighted by Gasteiger charge is -2.30. The molecule has 4 heteroatoms. The van der Waals surface area contributed by atoms with Gasteiger partial charge in [-0.2, -0.15) is 0 Å². The van der Waals surface area contributed by atoms with Crippen LogP contribution in [0.4, 0.5) is 0 Å². The first-order chi connectivity index (χ1) is 14.2. The lowest BCUT2D eigenvalue weighted by Crippen LogP contribution is -2.35. The van der Waals surface area contributed by atoms with Crippen LogP contribution in [0.5, 0.6) is 0 Å². The van der Waals surface area contributed by atoms with Crippen LogP contribution in [0.1, 0.15) is 42.7 Å². The fourth-order valence-corrected chi connectivity index (χ4v) is 4.27. The number of nitrogens with zero attached hydrogens (tertiary/aromatic N) is 2. The predicted molar refractivity (Wildman–Crippen MR) is 116 cm³/mol. The molecule has 4 rings (SSSR count). The number of ketones is 1. The van der Waals surface area contributed by atoms with Crippen LogP contribution in [-0.4, -0.2) is 41.1 Å². The van der Waals surface area contributed by atoms with Gasteiger partial charge in [0.2, 0.25) is 0 Å². The molecule has 1 aliphatic heterocycles. The second-order valence-electron chi connectivity index (χ2n) is 8.07. The number of hydrogen-bond donors (Lipinski definition) is 1. The van der Waals surface area contributed by atoms with E-state index in [-0.39, 0.29) is 23.5 Å². The smallest absolute Gasteiger partial charge is 0.168 e. The van der Waals surface area contributed by atoms with Gasteiger partial charge in [0.15, 0.2) is 5.78 Å². The fraction of sp³-hybridized carbons (Fsp3) is 0.360. The summed E-state index contributed by atoms with van der Waals surface area (Å²) in [6.07, 6.45) is 4.55. The predicted octanol–water partition coefficient (Wildman–Crippen LogP) is 4.68. The number of hydrogen-bond acceptors (Lipinski definition) is 4. The molecule has 0 amide bonds. The van der Waals surface area contributed by atoms with E-state index in [1.54, 1.807) is 6.21 Å². The van der Waals surface area contributed by atoms with Crippen molar-refractivity contribution in [3.05, 3.63) is 83.1 Å². The van der Waals surface area contributed by atoms with Crippen molar-refractivity contribution in [2.75, 3.05) is 13.1 Å². The Bertz CT molecular complexity index is 882. The summed E-state index contributed by atoms with van der Waals surface area (Å²) in [4.78, 5) is 19.7. The van der Waals surface area contributed by atoms with Gasteiger partial charge in [0.05, 0.1) is 11.6 Å². The highest BCUT2D eigenvalue weighted by Crippen LogP contribution is 2.33. The first-order valence-electron chi connectivity index (χ1n) is 10.5. The summed E-state index contributed by atoms with van der Waals surface area (Å²) in [6, 6.07) is 20.7. The SMILES string of the molecule is O=C1CC(c2ccccc2)CC(O)=C1C=NC1CCN(Cc2ccccc2)CC1. The first-order valence-corrected chi connectivity index (χ1v) is 10.5. The zero-order chi connectivity index (χ0) is 20.1. The van der Waals surface area contributed by atoms with Gasteiger partial charge in [-0.1, -0.05) is 60.7 Å². The summed E-state index contributed by atoms with van der Waals surface area (Å²) in [7, 11) is 0. The molecule has 0 aromatic heterocycles. The van der Waals surface area contributed by atoms with E-state index in [2.05, 4.69) is 34.2 Å². The van der Waals surface area contributed by atoms with E-state index in [9.17, 15) is 9.90 Å². The minimum atomic E-state index is -0.00660. The summed E-state index contributed by atoms with van der Waals surface area (Å²) in [5, 5.41) is 10.5. The van der Waals surface area contributed by atoms with E-state index in [0.29, 0.717) is 18.4 Å². The number of Topliss-reactive ketones (excluding diaryl/α,β-unsaturated/α-hetero) is 1. The summed E-state index contributed by atoms with van der Waals surface area (Å²) in [6.45, 7) is 2.99. The van der Waals surface area contributed by atoms with Crippen molar-refractivity contribution in [1.82, 2.24) is 4.90 Å². The number of rotatable bonds is 5. The molecule has 2 aliphatic rings. The summed E-state index contributed by atoms with van der Waals surface area (Å²) >= 11 is 0. The number of allylic oxidation sites excluding steroid dienone is 2. The van der Waals surface area contributed by atoms with E-state index >= 15 is 0 Å². The molecule has 1 atom stereocenters. The second-order valence-corrected chi connectivity index (χ2v) is 8.07. The van der Waals surface area contributed by atoms with Gasteiger partial charge in [0.1, 0.15) is 5.76 Å². The number of carbonyl (C=O) groups is 1. The van der Waals surface area contributed by atoms with Crippen LogP contribution in [0, 0.1) is 0 Å². The minimum absolute atomic E-state index is 0.00660. The molecule has 4 nitrogen and oxygen atoms in total. The van der Waals surface area contributed by atoms with Crippen LogP contribution in [0.25, 0.3) is 0 Å². The molecule has 0 saturated carbocycles. The molecule has 1 N–H and O–H groups in total. The van der Waals surface area contributed by atoms with Crippen LogP contribution in [0.15, 0.2) is 77.0 Å². The van der Waals surface area contributed by atoms with E-state index in [1.807, 2.05) is 36.4 Å². The Morgan fingerprint density at radius 2 is 1.62 bits per heavy atom. The van der Waals surface area contributed by atoms with Crippen LogP contribution in [0.3, 0.4) is 0 Å². The second kappa shape index (κ2) is 9.19. The van der Waals surface area contributed by atoms with Gasteiger partial charge in [0, 0.05) is 38.7 Å². The third kappa shape index (κ3) is 5.01. The topological polar surface area (TPSA) is 52.9 Å². The molecule has 1 unspecified atom stereocenters. The van der Waals surface area contributed by atoms with Gasteiger partial charge in [0.25, 0.3) is 0 Å². The summed E-state index contributed by atoms with van der Waals surface area (Å²) in [5.41, 5.74) is 2.85. The molecule has 1 fully saturated rings. The summed E-state index contributed by atoms with van der Waals surface area (Å²) < 4.78 is 0. The zero-order valence-electron chi connectivity index (χ0n) is 16.7. The van der Waals surface area contributed by atoms with Crippen molar-refractivity contribution in [3.63, 3.8) is 0 Å². The number of aliphatic hydroxyl groups is 1. The van der Waals surface area contributed by atoms with Crippen molar-refractivity contribution in [2.45, 2.75) is 44.2 Å². The molecule has 2 aromatic rings. The minimum Gasteiger partial charge on any atom is -0.511 e. The average Bonchev–Trinajstić information content (AvgIpc) is 2.75. The van der Waals surface area contributed by atoms with E-state index in [4.69, 9.17) is 0 Å². The van der Waals surface area contributed by atoms with Gasteiger partial charge in [-0.05, 0) is 29.9 Å². The van der Waals surface area contributed by atoms with E-state index in [1.165, 1.54) is 5.56 Å². The molecule has 150 valence electrons. The van der Waals surface area contributed by atoms with Gasteiger partial charge in [-0.3, -0.25) is 14.7 Å². The molecule has 29 heavy (non-hydrogen) atoms. The molecule has 1 aliphatic carbocycles. The normalized spacial score (nSPS) is 21.8. The maximum absolute atomic E-state index is 12.6. The summed E-state index contributed by atoms with van der Waals surface area (Å²) in [5.74, 6) is 0.232. The lowest BCUT2D eigenvalue weighted by atomic mass is 9.83. The third-order valence-electron chi connectivity index (χ3n) is 5.97. The molecule has 2 aromatic carbocycles. The molecular formula is C25H28N2O2. The quantitative estimate of drug-likeness (QED) is 0.757. The van der Waals surface area contributed by atoms with Crippen molar-refractivity contribution in [1.29, 1.82) is 0 Å². The van der Waals surface area contributed by atoms with Crippen LogP contribution >= 0.6 is 0 Å². The fourth-order valence-electron chi connectivity index (χ4n) is 4.27. The molecule has 0 spiro atoms. The Kier molecular flexibility index (Phi) is 6.20. The standard InChI is InChI=1S/C25H28N2O2/c28-24-15-21(20-9-5-2-6-10-20)16-25(29)23(24)17-26-22-11-13-27(14-12-22)18-19-7-3-1-4-8-19/h1-10,17,21-22,28H,11-16,18H2. The maximum atomic E-state index is 12.6. The van der Waals surface area contributed by atoms with E-state index in [0.717, 1.165) is 38.0 Å². The lowest BCUT2D eigenvalue weighted by molar-refractivity contribution is -0.116. The number of piperidine rings is 1. The number of carbonyl (C=O) groups excluding carboxylic acids is 1. The highest BCUT2D eigenvalue weighted by atomic mass is 16.3. The number of aliphatic imine (C=N–C) groups is 1. The van der Waals surface area contributed by atoms with Crippen molar-refractivity contribution >= 4 is 12.0 Å². The Labute approximate surface area is 172 Å². The van der Waals surface area contributed by atoms with Gasteiger partial charge in [-0.25, -0.2) is 0 Å². The zero-order valence-corrected chi connectivity index (χ0v) is 16.7. The first kappa shape index (κ1) is 19.6. The Balaban J connectivity index is 1.33. The third-order valence-corrected chi connectivity index (χ3v) is 5.97. The average molecular weight is 389 g/mol.